The molecule has 2 N–H and O–H groups in total. The van der Waals surface area contributed by atoms with Gasteiger partial charge in [0.2, 0.25) is 0 Å². The average Bonchev–Trinajstić information content (AvgIpc) is 2.43. The highest BCUT2D eigenvalue weighted by Crippen LogP contribution is 2.23. The number of rotatable bonds is 2. The van der Waals surface area contributed by atoms with Gasteiger partial charge in [-0.15, -0.1) is 0 Å². The maximum atomic E-state index is 13.9. The Morgan fingerprint density at radius 2 is 1.95 bits per heavy atom. The van der Waals surface area contributed by atoms with E-state index < -0.39 is 23.1 Å². The SMILES string of the molecule is CN1CCC(N(C)C(=O)c2c(F)ccc(N)c2F)CC1. The van der Waals surface area contributed by atoms with Gasteiger partial charge in [0.25, 0.3) is 5.91 Å². The van der Waals surface area contributed by atoms with Crippen molar-refractivity contribution in [2.24, 2.45) is 0 Å². The minimum absolute atomic E-state index is 0.000990. The number of nitrogens with zero attached hydrogens (tertiary/aromatic N) is 2. The lowest BCUT2D eigenvalue weighted by molar-refractivity contribution is 0.0650. The summed E-state index contributed by atoms with van der Waals surface area (Å²) in [5.74, 6) is -2.50. The number of piperidine rings is 1. The van der Waals surface area contributed by atoms with Gasteiger partial charge in [-0.3, -0.25) is 4.79 Å². The van der Waals surface area contributed by atoms with Crippen molar-refractivity contribution in [2.75, 3.05) is 32.9 Å². The molecule has 4 nitrogen and oxygen atoms in total. The predicted octanol–water partition coefficient (Wildman–Crippen LogP) is 1.71. The van der Waals surface area contributed by atoms with Crippen LogP contribution in [0.15, 0.2) is 12.1 Å². The highest BCUT2D eigenvalue weighted by atomic mass is 19.1. The second-order valence-corrected chi connectivity index (χ2v) is 5.28. The van der Waals surface area contributed by atoms with Gasteiger partial charge in [0.1, 0.15) is 11.4 Å². The van der Waals surface area contributed by atoms with Gasteiger partial charge < -0.3 is 15.5 Å². The predicted molar refractivity (Wildman–Crippen MR) is 73.4 cm³/mol. The van der Waals surface area contributed by atoms with E-state index in [2.05, 4.69) is 4.90 Å². The molecule has 110 valence electrons. The molecule has 0 spiro atoms. The number of carbonyl (C=O) groups is 1. The fourth-order valence-corrected chi connectivity index (χ4v) is 2.49. The van der Waals surface area contributed by atoms with Crippen LogP contribution in [0.1, 0.15) is 23.2 Å². The summed E-state index contributed by atoms with van der Waals surface area (Å²) in [6, 6.07) is 2.14. The minimum atomic E-state index is -0.977. The Labute approximate surface area is 117 Å². The molecule has 1 heterocycles. The molecule has 6 heteroatoms. The van der Waals surface area contributed by atoms with E-state index in [1.807, 2.05) is 7.05 Å². The Balaban J connectivity index is 2.21. The van der Waals surface area contributed by atoms with E-state index >= 15 is 0 Å². The quantitative estimate of drug-likeness (QED) is 0.841. The van der Waals surface area contributed by atoms with Gasteiger partial charge in [-0.1, -0.05) is 0 Å². The molecule has 1 aliphatic heterocycles. The van der Waals surface area contributed by atoms with Crippen molar-refractivity contribution in [2.45, 2.75) is 18.9 Å². The maximum absolute atomic E-state index is 13.9. The van der Waals surface area contributed by atoms with E-state index in [-0.39, 0.29) is 11.7 Å². The third kappa shape index (κ3) is 2.75. The number of nitrogens with two attached hydrogens (primary N) is 1. The summed E-state index contributed by atoms with van der Waals surface area (Å²) in [6.45, 7) is 1.73. The van der Waals surface area contributed by atoms with Crippen LogP contribution < -0.4 is 5.73 Å². The van der Waals surface area contributed by atoms with Crippen LogP contribution in [0.4, 0.5) is 14.5 Å². The number of hydrogen-bond donors (Lipinski definition) is 1. The molecular formula is C14H19F2N3O. The lowest BCUT2D eigenvalue weighted by Crippen LogP contribution is -2.44. The third-order valence-corrected chi connectivity index (χ3v) is 3.89. The summed E-state index contributed by atoms with van der Waals surface area (Å²) >= 11 is 0. The van der Waals surface area contributed by atoms with Gasteiger partial charge in [0.05, 0.1) is 5.69 Å². The van der Waals surface area contributed by atoms with Crippen molar-refractivity contribution >= 4 is 11.6 Å². The highest BCUT2D eigenvalue weighted by Gasteiger charge is 2.28. The van der Waals surface area contributed by atoms with Crippen LogP contribution in [0.25, 0.3) is 0 Å². The number of benzene rings is 1. The van der Waals surface area contributed by atoms with E-state index in [0.717, 1.165) is 38.1 Å². The van der Waals surface area contributed by atoms with Crippen LogP contribution in [0.2, 0.25) is 0 Å². The van der Waals surface area contributed by atoms with Crippen LogP contribution in [0, 0.1) is 11.6 Å². The normalized spacial score (nSPS) is 17.2. The van der Waals surface area contributed by atoms with Gasteiger partial charge in [-0.2, -0.15) is 0 Å². The van der Waals surface area contributed by atoms with E-state index in [0.29, 0.717) is 0 Å². The fourth-order valence-electron chi connectivity index (χ4n) is 2.49. The molecule has 0 unspecified atom stereocenters. The van der Waals surface area contributed by atoms with Crippen LogP contribution in [0.5, 0.6) is 0 Å². The summed E-state index contributed by atoms with van der Waals surface area (Å²) in [7, 11) is 3.59. The molecule has 0 radical (unpaired) electrons. The van der Waals surface area contributed by atoms with Crippen molar-refractivity contribution in [3.8, 4) is 0 Å². The lowest BCUT2D eigenvalue weighted by atomic mass is 10.0. The van der Waals surface area contributed by atoms with E-state index in [1.54, 1.807) is 7.05 Å². The molecule has 1 aromatic carbocycles. The molecule has 0 aliphatic carbocycles. The molecule has 0 saturated carbocycles. The Morgan fingerprint density at radius 3 is 2.55 bits per heavy atom. The van der Waals surface area contributed by atoms with Crippen molar-refractivity contribution < 1.29 is 13.6 Å². The number of nitrogen functional groups attached to an aromatic ring is 1. The molecule has 0 aromatic heterocycles. The van der Waals surface area contributed by atoms with E-state index in [1.165, 1.54) is 4.90 Å². The number of anilines is 1. The first-order valence-electron chi connectivity index (χ1n) is 6.61. The zero-order valence-electron chi connectivity index (χ0n) is 11.7. The van der Waals surface area contributed by atoms with Gasteiger partial charge in [0, 0.05) is 13.1 Å². The van der Waals surface area contributed by atoms with Crippen LogP contribution >= 0.6 is 0 Å². The Bertz CT molecular complexity index is 513. The molecule has 2 rings (SSSR count). The fraction of sp³-hybridized carbons (Fsp3) is 0.500. The zero-order chi connectivity index (χ0) is 14.9. The van der Waals surface area contributed by atoms with Crippen molar-refractivity contribution in [3.05, 3.63) is 29.3 Å². The smallest absolute Gasteiger partial charge is 0.259 e. The first-order valence-corrected chi connectivity index (χ1v) is 6.61. The number of hydrogen-bond acceptors (Lipinski definition) is 3. The average molecular weight is 283 g/mol. The molecule has 0 bridgehead atoms. The van der Waals surface area contributed by atoms with E-state index in [4.69, 9.17) is 5.73 Å². The van der Waals surface area contributed by atoms with Crippen LogP contribution in [-0.2, 0) is 0 Å². The minimum Gasteiger partial charge on any atom is -0.396 e. The summed E-state index contributed by atoms with van der Waals surface area (Å²) in [5, 5.41) is 0. The number of halogens is 2. The standard InChI is InChI=1S/C14H19F2N3O/c1-18-7-5-9(6-8-18)19(2)14(20)12-10(15)3-4-11(17)13(12)16/h3-4,9H,5-8,17H2,1-2H3. The van der Waals surface area contributed by atoms with Crippen LogP contribution in [0.3, 0.4) is 0 Å². The molecule has 1 aromatic rings. The summed E-state index contributed by atoms with van der Waals surface area (Å²) in [4.78, 5) is 15.9. The van der Waals surface area contributed by atoms with Gasteiger partial charge in [-0.25, -0.2) is 8.78 Å². The second-order valence-electron chi connectivity index (χ2n) is 5.28. The molecule has 1 saturated heterocycles. The van der Waals surface area contributed by atoms with Crippen molar-refractivity contribution in [3.63, 3.8) is 0 Å². The highest BCUT2D eigenvalue weighted by molar-refractivity contribution is 5.95. The van der Waals surface area contributed by atoms with E-state index in [9.17, 15) is 13.6 Å². The summed E-state index contributed by atoms with van der Waals surface area (Å²) in [5.41, 5.74) is 4.63. The molecule has 20 heavy (non-hydrogen) atoms. The second kappa shape index (κ2) is 5.75. The Morgan fingerprint density at radius 1 is 1.35 bits per heavy atom. The van der Waals surface area contributed by atoms with Crippen LogP contribution in [-0.4, -0.2) is 48.9 Å². The monoisotopic (exact) mass is 283 g/mol. The molecular weight excluding hydrogens is 264 g/mol. The molecule has 1 aliphatic rings. The van der Waals surface area contributed by atoms with Crippen molar-refractivity contribution in [1.82, 2.24) is 9.80 Å². The third-order valence-electron chi connectivity index (χ3n) is 3.89. The molecule has 0 atom stereocenters. The number of carbonyl (C=O) groups excluding carboxylic acids is 1. The number of amides is 1. The largest absolute Gasteiger partial charge is 0.396 e. The van der Waals surface area contributed by atoms with Gasteiger partial charge in [0.15, 0.2) is 5.82 Å². The van der Waals surface area contributed by atoms with Gasteiger partial charge >= 0.3 is 0 Å². The zero-order valence-corrected chi connectivity index (χ0v) is 11.7. The van der Waals surface area contributed by atoms with Gasteiger partial charge in [-0.05, 0) is 45.1 Å². The molecule has 1 amide bonds. The topological polar surface area (TPSA) is 49.6 Å². The Kier molecular flexibility index (Phi) is 4.23. The maximum Gasteiger partial charge on any atom is 0.259 e. The number of likely N-dealkylation sites (tertiary alicyclic amines) is 1. The van der Waals surface area contributed by atoms with Crippen molar-refractivity contribution in [1.29, 1.82) is 0 Å². The molecule has 1 fully saturated rings. The Hall–Kier alpha value is -1.69. The first kappa shape index (κ1) is 14.7. The first-order chi connectivity index (χ1) is 9.41. The summed E-state index contributed by atoms with van der Waals surface area (Å²) in [6.07, 6.45) is 1.59. The lowest BCUT2D eigenvalue weighted by Gasteiger charge is -2.35. The summed E-state index contributed by atoms with van der Waals surface area (Å²) < 4.78 is 27.6.